The Bertz CT molecular complexity index is 720. The largest absolute Gasteiger partial charge is 0.454 e. The van der Waals surface area contributed by atoms with E-state index in [1.165, 1.54) is 6.07 Å². The second-order valence-corrected chi connectivity index (χ2v) is 4.46. The summed E-state index contributed by atoms with van der Waals surface area (Å²) >= 11 is 5.69. The zero-order valence-corrected chi connectivity index (χ0v) is 11.5. The number of aromatic nitrogens is 2. The third-order valence-corrected chi connectivity index (χ3v) is 2.90. The van der Waals surface area contributed by atoms with Gasteiger partial charge < -0.3 is 4.74 Å². The molecule has 0 fully saturated rings. The number of carbonyl (C=O) groups is 1. The number of nitro benzene ring substituents is 1. The predicted octanol–water partition coefficient (Wildman–Crippen LogP) is 3.20. The van der Waals surface area contributed by atoms with Crippen LogP contribution in [-0.2, 0) is 11.3 Å². The van der Waals surface area contributed by atoms with E-state index in [1.54, 1.807) is 0 Å². The summed E-state index contributed by atoms with van der Waals surface area (Å²) in [6.45, 7) is -3.39. The van der Waals surface area contributed by atoms with Crippen LogP contribution in [0.25, 0.3) is 0 Å². The number of ether oxygens (including phenoxy) is 1. The van der Waals surface area contributed by atoms with E-state index < -0.39 is 29.7 Å². The molecule has 0 unspecified atom stereocenters. The summed E-state index contributed by atoms with van der Waals surface area (Å²) in [4.78, 5) is 25.6. The molecule has 0 radical (unpaired) electrons. The average Bonchev–Trinajstić information content (AvgIpc) is 2.92. The first kappa shape index (κ1) is 15.8. The van der Waals surface area contributed by atoms with Crippen LogP contribution in [0.15, 0.2) is 30.6 Å². The molecule has 2 rings (SSSR count). The van der Waals surface area contributed by atoms with E-state index in [-0.39, 0.29) is 16.4 Å². The quantitative estimate of drug-likeness (QED) is 0.477. The van der Waals surface area contributed by atoms with Gasteiger partial charge in [0.2, 0.25) is 0 Å². The standard InChI is InChI=1S/C12H8ClF2N3O4/c13-7-1-2-9(18(20)21)8(5-7)11(19)22-6-10-16-3-4-17(10)12(14)15/h1-5,12H,6H2. The van der Waals surface area contributed by atoms with E-state index in [0.717, 1.165) is 24.5 Å². The third kappa shape index (κ3) is 3.37. The maximum absolute atomic E-state index is 12.6. The molecule has 10 heteroatoms. The van der Waals surface area contributed by atoms with Crippen LogP contribution in [0, 0.1) is 10.1 Å². The highest BCUT2D eigenvalue weighted by Gasteiger charge is 2.22. The molecule has 116 valence electrons. The maximum Gasteiger partial charge on any atom is 0.345 e. The summed E-state index contributed by atoms with van der Waals surface area (Å²) in [7, 11) is 0. The number of hydrogen-bond acceptors (Lipinski definition) is 5. The Morgan fingerprint density at radius 3 is 2.86 bits per heavy atom. The molecule has 0 amide bonds. The van der Waals surface area contributed by atoms with E-state index in [2.05, 4.69) is 4.98 Å². The number of rotatable bonds is 5. The van der Waals surface area contributed by atoms with Gasteiger partial charge in [-0.05, 0) is 12.1 Å². The smallest absolute Gasteiger partial charge is 0.345 e. The van der Waals surface area contributed by atoms with Crippen molar-refractivity contribution in [2.24, 2.45) is 0 Å². The van der Waals surface area contributed by atoms with Crippen molar-refractivity contribution in [2.45, 2.75) is 13.2 Å². The molecule has 1 heterocycles. The Kier molecular flexibility index (Phi) is 4.66. The van der Waals surface area contributed by atoms with Crippen molar-refractivity contribution in [3.8, 4) is 0 Å². The second-order valence-electron chi connectivity index (χ2n) is 4.02. The normalized spacial score (nSPS) is 10.7. The van der Waals surface area contributed by atoms with E-state index in [1.807, 2.05) is 0 Å². The minimum absolute atomic E-state index is 0.103. The molecule has 22 heavy (non-hydrogen) atoms. The molecule has 0 aliphatic carbocycles. The van der Waals surface area contributed by atoms with Crippen LogP contribution in [0.4, 0.5) is 14.5 Å². The van der Waals surface area contributed by atoms with Crippen LogP contribution in [0.2, 0.25) is 5.02 Å². The van der Waals surface area contributed by atoms with Crippen molar-refractivity contribution >= 4 is 23.3 Å². The fourth-order valence-corrected chi connectivity index (χ4v) is 1.84. The molecule has 0 bridgehead atoms. The molecule has 1 aromatic heterocycles. The van der Waals surface area contributed by atoms with Gasteiger partial charge in [-0.2, -0.15) is 8.78 Å². The number of alkyl halides is 2. The number of halogens is 3. The number of esters is 1. The van der Waals surface area contributed by atoms with E-state index >= 15 is 0 Å². The molecule has 1 aromatic carbocycles. The first-order valence-corrected chi connectivity index (χ1v) is 6.19. The van der Waals surface area contributed by atoms with Crippen molar-refractivity contribution in [1.29, 1.82) is 0 Å². The minimum Gasteiger partial charge on any atom is -0.454 e. The van der Waals surface area contributed by atoms with Crippen molar-refractivity contribution in [3.05, 3.63) is 57.1 Å². The lowest BCUT2D eigenvalue weighted by atomic mass is 10.2. The Hall–Kier alpha value is -2.55. The molecule has 0 spiro atoms. The van der Waals surface area contributed by atoms with Crippen LogP contribution < -0.4 is 0 Å². The summed E-state index contributed by atoms with van der Waals surface area (Å²) in [6.07, 6.45) is 2.15. The summed E-state index contributed by atoms with van der Waals surface area (Å²) in [5, 5.41) is 11.0. The zero-order chi connectivity index (χ0) is 16.3. The topological polar surface area (TPSA) is 87.3 Å². The number of imidazole rings is 1. The van der Waals surface area contributed by atoms with Crippen molar-refractivity contribution in [2.75, 3.05) is 0 Å². The molecule has 0 saturated carbocycles. The maximum atomic E-state index is 12.6. The van der Waals surface area contributed by atoms with Gasteiger partial charge in [-0.25, -0.2) is 9.78 Å². The van der Waals surface area contributed by atoms with Crippen molar-refractivity contribution in [1.82, 2.24) is 9.55 Å². The van der Waals surface area contributed by atoms with Crippen molar-refractivity contribution < 1.29 is 23.2 Å². The summed E-state index contributed by atoms with van der Waals surface area (Å²) in [5.74, 6) is -1.24. The van der Waals surface area contributed by atoms with Gasteiger partial charge in [0.15, 0.2) is 5.82 Å². The van der Waals surface area contributed by atoms with Crippen LogP contribution in [0.5, 0.6) is 0 Å². The van der Waals surface area contributed by atoms with Crippen LogP contribution >= 0.6 is 11.6 Å². The van der Waals surface area contributed by atoms with Gasteiger partial charge >= 0.3 is 12.5 Å². The Labute approximate surface area is 127 Å². The van der Waals surface area contributed by atoms with E-state index in [0.29, 0.717) is 4.57 Å². The predicted molar refractivity (Wildman–Crippen MR) is 70.7 cm³/mol. The summed E-state index contributed by atoms with van der Waals surface area (Å²) < 4.78 is 30.5. The Morgan fingerprint density at radius 2 is 2.23 bits per heavy atom. The number of nitrogens with zero attached hydrogens (tertiary/aromatic N) is 3. The van der Waals surface area contributed by atoms with Gasteiger partial charge in [-0.1, -0.05) is 11.6 Å². The van der Waals surface area contributed by atoms with Gasteiger partial charge in [0.25, 0.3) is 5.69 Å². The highest BCUT2D eigenvalue weighted by atomic mass is 35.5. The number of hydrogen-bond donors (Lipinski definition) is 0. The third-order valence-electron chi connectivity index (χ3n) is 2.67. The Balaban J connectivity index is 2.18. The molecule has 0 atom stereocenters. The second kappa shape index (κ2) is 6.48. The lowest BCUT2D eigenvalue weighted by molar-refractivity contribution is -0.385. The highest BCUT2D eigenvalue weighted by molar-refractivity contribution is 6.31. The van der Waals surface area contributed by atoms with Gasteiger partial charge in [-0.3, -0.25) is 14.7 Å². The van der Waals surface area contributed by atoms with Gasteiger partial charge in [0.1, 0.15) is 12.2 Å². The molecule has 2 aromatic rings. The molecular weight excluding hydrogens is 324 g/mol. The fourth-order valence-electron chi connectivity index (χ4n) is 1.67. The molecular formula is C12H8ClF2N3O4. The number of carbonyl (C=O) groups excluding carboxylic acids is 1. The zero-order valence-electron chi connectivity index (χ0n) is 10.8. The lowest BCUT2D eigenvalue weighted by Crippen LogP contribution is -2.11. The van der Waals surface area contributed by atoms with Crippen LogP contribution in [0.1, 0.15) is 22.7 Å². The molecule has 0 aliphatic rings. The minimum atomic E-state index is -2.84. The van der Waals surface area contributed by atoms with Crippen molar-refractivity contribution in [3.63, 3.8) is 0 Å². The molecule has 7 nitrogen and oxygen atoms in total. The molecule has 0 aliphatic heterocycles. The SMILES string of the molecule is O=C(OCc1nccn1C(F)F)c1cc(Cl)ccc1[N+](=O)[O-]. The van der Waals surface area contributed by atoms with Gasteiger partial charge in [0, 0.05) is 23.5 Å². The monoisotopic (exact) mass is 331 g/mol. The first-order chi connectivity index (χ1) is 10.4. The summed E-state index contributed by atoms with van der Waals surface area (Å²) in [5.41, 5.74) is -0.862. The van der Waals surface area contributed by atoms with E-state index in [9.17, 15) is 23.7 Å². The summed E-state index contributed by atoms with van der Waals surface area (Å²) in [6, 6.07) is 3.38. The van der Waals surface area contributed by atoms with Gasteiger partial charge in [0.05, 0.1) is 4.92 Å². The lowest BCUT2D eigenvalue weighted by Gasteiger charge is -2.08. The first-order valence-electron chi connectivity index (χ1n) is 5.81. The average molecular weight is 332 g/mol. The highest BCUT2D eigenvalue weighted by Crippen LogP contribution is 2.24. The van der Waals surface area contributed by atoms with Crippen LogP contribution in [-0.4, -0.2) is 20.4 Å². The van der Waals surface area contributed by atoms with E-state index in [4.69, 9.17) is 16.3 Å². The number of benzene rings is 1. The fraction of sp³-hybridized carbons (Fsp3) is 0.167. The molecule has 0 N–H and O–H groups in total. The van der Waals surface area contributed by atoms with Gasteiger partial charge in [-0.15, -0.1) is 0 Å². The van der Waals surface area contributed by atoms with Crippen LogP contribution in [0.3, 0.4) is 0 Å². The Morgan fingerprint density at radius 1 is 1.50 bits per heavy atom. The number of nitro groups is 1. The molecule has 0 saturated heterocycles.